The molecule has 2 aliphatic rings. The van der Waals surface area contributed by atoms with Gasteiger partial charge in [0.05, 0.1) is 6.20 Å². The fourth-order valence-corrected chi connectivity index (χ4v) is 5.83. The van der Waals surface area contributed by atoms with E-state index < -0.39 is 10.0 Å². The van der Waals surface area contributed by atoms with Crippen LogP contribution in [-0.2, 0) is 22.5 Å². The molecule has 1 aromatic carbocycles. The summed E-state index contributed by atoms with van der Waals surface area (Å²) in [5, 5.41) is 10.0. The van der Waals surface area contributed by atoms with E-state index in [1.54, 1.807) is 7.05 Å². The first kappa shape index (κ1) is 20.9. The van der Waals surface area contributed by atoms with Gasteiger partial charge < -0.3 is 10.6 Å². The van der Waals surface area contributed by atoms with E-state index in [9.17, 15) is 13.2 Å². The molecule has 9 heteroatoms. The molecule has 2 fully saturated rings. The third kappa shape index (κ3) is 4.22. The fraction of sp³-hybridized carbons (Fsp3) is 0.524. The maximum absolute atomic E-state index is 12.7. The van der Waals surface area contributed by atoms with Crippen molar-refractivity contribution in [3.05, 3.63) is 48.3 Å². The second-order valence-corrected chi connectivity index (χ2v) is 10.3. The fourth-order valence-electron chi connectivity index (χ4n) is 4.37. The summed E-state index contributed by atoms with van der Waals surface area (Å²) in [5.41, 5.74) is 1.32. The number of aryl methyl sites for hydroxylation is 1. The Labute approximate surface area is 177 Å². The molecule has 0 unspecified atom stereocenters. The van der Waals surface area contributed by atoms with Gasteiger partial charge in [-0.15, -0.1) is 0 Å². The molecule has 1 aliphatic heterocycles. The topological polar surface area (TPSA) is 96.3 Å². The van der Waals surface area contributed by atoms with Crippen LogP contribution in [0.3, 0.4) is 0 Å². The van der Waals surface area contributed by atoms with Crippen molar-refractivity contribution in [2.24, 2.45) is 7.05 Å². The molecule has 2 amide bonds. The number of sulfonamides is 1. The molecule has 8 nitrogen and oxygen atoms in total. The van der Waals surface area contributed by atoms with Gasteiger partial charge in [-0.05, 0) is 31.2 Å². The predicted octanol–water partition coefficient (Wildman–Crippen LogP) is 1.99. The molecule has 1 saturated heterocycles. The number of carbonyl (C=O) groups is 1. The Morgan fingerprint density at radius 2 is 1.90 bits per heavy atom. The van der Waals surface area contributed by atoms with Gasteiger partial charge in [-0.25, -0.2) is 13.2 Å². The molecule has 162 valence electrons. The van der Waals surface area contributed by atoms with Gasteiger partial charge in [-0.3, -0.25) is 4.68 Å². The van der Waals surface area contributed by atoms with Crippen LogP contribution >= 0.6 is 0 Å². The second kappa shape index (κ2) is 8.39. The molecule has 0 radical (unpaired) electrons. The normalized spacial score (nSPS) is 19.8. The molecule has 1 aliphatic carbocycles. The highest BCUT2D eigenvalue weighted by Crippen LogP contribution is 2.43. The summed E-state index contributed by atoms with van der Waals surface area (Å²) in [4.78, 5) is 12.7. The number of carbonyl (C=O) groups excluding carboxylic acids is 1. The van der Waals surface area contributed by atoms with Crippen molar-refractivity contribution in [3.63, 3.8) is 0 Å². The van der Waals surface area contributed by atoms with Crippen molar-refractivity contribution in [1.29, 1.82) is 0 Å². The van der Waals surface area contributed by atoms with Crippen LogP contribution < -0.4 is 10.6 Å². The first-order chi connectivity index (χ1) is 14.4. The van der Waals surface area contributed by atoms with Crippen LogP contribution in [0.2, 0.25) is 0 Å². The third-order valence-corrected chi connectivity index (χ3v) is 8.24. The largest absolute Gasteiger partial charge is 0.337 e. The van der Waals surface area contributed by atoms with Gasteiger partial charge in [0.25, 0.3) is 0 Å². The highest BCUT2D eigenvalue weighted by Gasteiger charge is 2.39. The number of hydrogen-bond acceptors (Lipinski definition) is 4. The molecule has 0 atom stereocenters. The maximum Gasteiger partial charge on any atom is 0.315 e. The molecule has 30 heavy (non-hydrogen) atoms. The molecule has 0 spiro atoms. The molecule has 2 aromatic rings. The van der Waals surface area contributed by atoms with Gasteiger partial charge in [-0.1, -0.05) is 36.8 Å². The number of nitrogens with zero attached hydrogens (tertiary/aromatic N) is 3. The van der Waals surface area contributed by atoms with Crippen molar-refractivity contribution >= 4 is 16.1 Å². The van der Waals surface area contributed by atoms with E-state index in [0.29, 0.717) is 32.5 Å². The third-order valence-electron chi connectivity index (χ3n) is 6.39. The van der Waals surface area contributed by atoms with E-state index in [1.807, 2.05) is 18.2 Å². The lowest BCUT2D eigenvalue weighted by Gasteiger charge is -2.42. The molecular formula is C21H29N5O3S. The summed E-state index contributed by atoms with van der Waals surface area (Å²) in [6, 6.07) is 10.2. The van der Waals surface area contributed by atoms with Crippen LogP contribution in [0.1, 0.15) is 37.7 Å². The van der Waals surface area contributed by atoms with Crippen molar-refractivity contribution < 1.29 is 13.2 Å². The molecule has 1 saturated carbocycles. The molecule has 1 aromatic heterocycles. The van der Waals surface area contributed by atoms with Crippen LogP contribution in [0.5, 0.6) is 0 Å². The van der Waals surface area contributed by atoms with E-state index in [1.165, 1.54) is 33.4 Å². The van der Waals surface area contributed by atoms with Crippen LogP contribution in [0.25, 0.3) is 0 Å². The Balaban J connectivity index is 1.27. The van der Waals surface area contributed by atoms with Crippen molar-refractivity contribution in [3.8, 4) is 0 Å². The average molecular weight is 432 g/mol. The van der Waals surface area contributed by atoms with Crippen molar-refractivity contribution in [2.45, 2.75) is 48.5 Å². The number of amides is 2. The summed E-state index contributed by atoms with van der Waals surface area (Å²) in [5.74, 6) is 0. The van der Waals surface area contributed by atoms with Gasteiger partial charge in [0.15, 0.2) is 0 Å². The van der Waals surface area contributed by atoms with Crippen molar-refractivity contribution in [2.75, 3.05) is 19.6 Å². The summed E-state index contributed by atoms with van der Waals surface area (Å²) in [6.07, 6.45) is 7.42. The summed E-state index contributed by atoms with van der Waals surface area (Å²) in [7, 11) is -1.83. The Morgan fingerprint density at radius 1 is 1.20 bits per heavy atom. The molecule has 2 heterocycles. The Bertz CT molecular complexity index is 977. The Hall–Kier alpha value is -2.39. The van der Waals surface area contributed by atoms with E-state index in [0.717, 1.165) is 12.8 Å². The first-order valence-corrected chi connectivity index (χ1v) is 11.9. The number of hydrogen-bond donors (Lipinski definition) is 2. The summed E-state index contributed by atoms with van der Waals surface area (Å²) >= 11 is 0. The monoisotopic (exact) mass is 431 g/mol. The van der Waals surface area contributed by atoms with E-state index >= 15 is 0 Å². The highest BCUT2D eigenvalue weighted by molar-refractivity contribution is 7.89. The van der Waals surface area contributed by atoms with Gasteiger partial charge in [0, 0.05) is 44.3 Å². The first-order valence-electron chi connectivity index (χ1n) is 10.5. The minimum Gasteiger partial charge on any atom is -0.337 e. The van der Waals surface area contributed by atoms with Gasteiger partial charge in [-0.2, -0.15) is 9.40 Å². The zero-order valence-electron chi connectivity index (χ0n) is 17.3. The molecule has 0 bridgehead atoms. The minimum absolute atomic E-state index is 0.0283. The number of nitrogens with one attached hydrogen (secondary N) is 2. The van der Waals surface area contributed by atoms with E-state index in [4.69, 9.17) is 0 Å². The minimum atomic E-state index is -3.53. The van der Waals surface area contributed by atoms with Crippen LogP contribution in [0, 0.1) is 0 Å². The number of aromatic nitrogens is 2. The number of rotatable bonds is 6. The Morgan fingerprint density at radius 3 is 2.47 bits per heavy atom. The number of piperidine rings is 1. The van der Waals surface area contributed by atoms with E-state index in [-0.39, 0.29) is 22.4 Å². The predicted molar refractivity (Wildman–Crippen MR) is 113 cm³/mol. The highest BCUT2D eigenvalue weighted by atomic mass is 32.2. The number of benzene rings is 1. The van der Waals surface area contributed by atoms with Gasteiger partial charge in [0.2, 0.25) is 10.0 Å². The van der Waals surface area contributed by atoms with E-state index in [2.05, 4.69) is 27.9 Å². The maximum atomic E-state index is 12.7. The lowest BCUT2D eigenvalue weighted by molar-refractivity contribution is 0.207. The SMILES string of the molecule is Cn1cc(S(=O)(=O)N2CCC(NC(=O)NCC3(c4ccccc4)CCC3)CC2)cn1. The summed E-state index contributed by atoms with van der Waals surface area (Å²) < 4.78 is 28.3. The van der Waals surface area contributed by atoms with Gasteiger partial charge >= 0.3 is 6.03 Å². The lowest BCUT2D eigenvalue weighted by atomic mass is 9.64. The Kier molecular flexibility index (Phi) is 5.84. The van der Waals surface area contributed by atoms with Gasteiger partial charge in [0.1, 0.15) is 4.90 Å². The zero-order valence-corrected chi connectivity index (χ0v) is 18.1. The summed E-state index contributed by atoms with van der Waals surface area (Å²) in [6.45, 7) is 1.39. The molecule has 2 N–H and O–H groups in total. The van der Waals surface area contributed by atoms with Crippen LogP contribution in [0.4, 0.5) is 4.79 Å². The smallest absolute Gasteiger partial charge is 0.315 e. The lowest BCUT2D eigenvalue weighted by Crippen LogP contribution is -2.52. The molecular weight excluding hydrogens is 402 g/mol. The van der Waals surface area contributed by atoms with Crippen LogP contribution in [-0.4, -0.2) is 54.2 Å². The number of urea groups is 1. The average Bonchev–Trinajstić information content (AvgIpc) is 3.16. The quantitative estimate of drug-likeness (QED) is 0.731. The second-order valence-electron chi connectivity index (χ2n) is 8.35. The zero-order chi connectivity index (χ0) is 21.2. The van der Waals surface area contributed by atoms with Crippen molar-refractivity contribution in [1.82, 2.24) is 24.7 Å². The van der Waals surface area contributed by atoms with Crippen LogP contribution in [0.15, 0.2) is 47.6 Å². The molecule has 4 rings (SSSR count). The standard InChI is InChI=1S/C21H29N5O3S/c1-25-15-19(14-23-25)30(28,29)26-12-8-18(9-13-26)24-20(27)22-16-21(10-5-11-21)17-6-3-2-4-7-17/h2-4,6-7,14-15,18H,5,8-13,16H2,1H3,(H2,22,24,27).